The van der Waals surface area contributed by atoms with Crippen LogP contribution in [0.2, 0.25) is 0 Å². The van der Waals surface area contributed by atoms with E-state index in [0.717, 1.165) is 6.42 Å². The van der Waals surface area contributed by atoms with Crippen LogP contribution in [0.4, 0.5) is 10.5 Å². The lowest BCUT2D eigenvalue weighted by Gasteiger charge is -2.31. The molecule has 0 radical (unpaired) electrons. The van der Waals surface area contributed by atoms with Crippen LogP contribution in [0.25, 0.3) is 0 Å². The average molecular weight is 262 g/mol. The van der Waals surface area contributed by atoms with Crippen LogP contribution in [-0.2, 0) is 4.74 Å². The summed E-state index contributed by atoms with van der Waals surface area (Å²) in [6.45, 7) is 2.60. The zero-order valence-electron chi connectivity index (χ0n) is 11.0. The quantitative estimate of drug-likeness (QED) is 0.842. The highest BCUT2D eigenvalue weighted by Gasteiger charge is 2.27. The summed E-state index contributed by atoms with van der Waals surface area (Å²) in [7, 11) is 0. The van der Waals surface area contributed by atoms with E-state index in [1.807, 2.05) is 0 Å². The molecule has 1 fully saturated rings. The Morgan fingerprint density at radius 3 is 2.95 bits per heavy atom. The summed E-state index contributed by atoms with van der Waals surface area (Å²) >= 11 is 0. The number of benzene rings is 1. The SMILES string of the molecule is CC(=O)c1cccc(N2CCC(CCN)OC2=O)c1. The second-order valence-corrected chi connectivity index (χ2v) is 4.63. The lowest BCUT2D eigenvalue weighted by atomic mass is 10.1. The van der Waals surface area contributed by atoms with Gasteiger partial charge in [0, 0.05) is 24.2 Å². The fourth-order valence-corrected chi connectivity index (χ4v) is 2.15. The summed E-state index contributed by atoms with van der Waals surface area (Å²) in [6, 6.07) is 7.02. The van der Waals surface area contributed by atoms with Gasteiger partial charge in [-0.2, -0.15) is 0 Å². The summed E-state index contributed by atoms with van der Waals surface area (Å²) in [5.74, 6) is -0.0202. The van der Waals surface area contributed by atoms with Gasteiger partial charge in [0.2, 0.25) is 0 Å². The maximum Gasteiger partial charge on any atom is 0.414 e. The maximum absolute atomic E-state index is 11.9. The van der Waals surface area contributed by atoms with Crippen molar-refractivity contribution >= 4 is 17.6 Å². The van der Waals surface area contributed by atoms with Crippen molar-refractivity contribution in [3.8, 4) is 0 Å². The molecule has 0 saturated carbocycles. The molecule has 1 amide bonds. The third-order valence-corrected chi connectivity index (χ3v) is 3.22. The van der Waals surface area contributed by atoms with E-state index >= 15 is 0 Å². The predicted molar refractivity (Wildman–Crippen MR) is 72.3 cm³/mol. The molecule has 5 nitrogen and oxygen atoms in total. The number of nitrogens with two attached hydrogens (primary N) is 1. The van der Waals surface area contributed by atoms with Crippen LogP contribution >= 0.6 is 0 Å². The van der Waals surface area contributed by atoms with E-state index in [-0.39, 0.29) is 18.0 Å². The highest BCUT2D eigenvalue weighted by atomic mass is 16.6. The number of carbonyl (C=O) groups is 2. The molecule has 1 aliphatic heterocycles. The largest absolute Gasteiger partial charge is 0.446 e. The molecule has 1 aromatic rings. The zero-order valence-corrected chi connectivity index (χ0v) is 11.0. The van der Waals surface area contributed by atoms with Gasteiger partial charge in [-0.15, -0.1) is 0 Å². The van der Waals surface area contributed by atoms with Gasteiger partial charge in [0.1, 0.15) is 6.10 Å². The zero-order chi connectivity index (χ0) is 13.8. The average Bonchev–Trinajstić information content (AvgIpc) is 2.39. The van der Waals surface area contributed by atoms with E-state index in [0.29, 0.717) is 30.8 Å². The van der Waals surface area contributed by atoms with E-state index in [9.17, 15) is 9.59 Å². The van der Waals surface area contributed by atoms with Gasteiger partial charge in [-0.05, 0) is 32.0 Å². The minimum absolute atomic E-state index is 0.0202. The molecule has 1 saturated heterocycles. The minimum atomic E-state index is -0.370. The molecule has 2 rings (SSSR count). The number of nitrogens with zero attached hydrogens (tertiary/aromatic N) is 1. The Kier molecular flexibility index (Phi) is 4.16. The Labute approximate surface area is 112 Å². The standard InChI is InChI=1S/C14H18N2O3/c1-10(17)11-3-2-4-12(9-11)16-8-6-13(5-7-15)19-14(16)18/h2-4,9,13H,5-8,15H2,1H3. The molecule has 1 atom stereocenters. The van der Waals surface area contributed by atoms with Gasteiger partial charge in [-0.3, -0.25) is 9.69 Å². The molecule has 1 unspecified atom stereocenters. The lowest BCUT2D eigenvalue weighted by Crippen LogP contribution is -2.42. The van der Waals surface area contributed by atoms with Crippen LogP contribution in [0, 0.1) is 0 Å². The number of ketones is 1. The van der Waals surface area contributed by atoms with Crippen molar-refractivity contribution in [3.05, 3.63) is 29.8 Å². The van der Waals surface area contributed by atoms with Crippen LogP contribution in [-0.4, -0.2) is 31.1 Å². The monoisotopic (exact) mass is 262 g/mol. The Morgan fingerprint density at radius 2 is 2.32 bits per heavy atom. The van der Waals surface area contributed by atoms with E-state index in [4.69, 9.17) is 10.5 Å². The molecule has 0 aliphatic carbocycles. The summed E-state index contributed by atoms with van der Waals surface area (Å²) < 4.78 is 5.32. The molecule has 0 spiro atoms. The van der Waals surface area contributed by atoms with Crippen LogP contribution in [0.3, 0.4) is 0 Å². The van der Waals surface area contributed by atoms with Crippen molar-refractivity contribution < 1.29 is 14.3 Å². The lowest BCUT2D eigenvalue weighted by molar-refractivity contribution is 0.0806. The van der Waals surface area contributed by atoms with E-state index in [2.05, 4.69) is 0 Å². The summed E-state index contributed by atoms with van der Waals surface area (Å²) in [5.41, 5.74) is 6.75. The number of rotatable bonds is 4. The molecule has 0 aromatic heterocycles. The van der Waals surface area contributed by atoms with Crippen LogP contribution < -0.4 is 10.6 Å². The molecule has 1 aromatic carbocycles. The van der Waals surface area contributed by atoms with Crippen molar-refractivity contribution in [1.29, 1.82) is 0 Å². The van der Waals surface area contributed by atoms with Crippen LogP contribution in [0.15, 0.2) is 24.3 Å². The smallest absolute Gasteiger partial charge is 0.414 e. The maximum atomic E-state index is 11.9. The minimum Gasteiger partial charge on any atom is -0.446 e. The topological polar surface area (TPSA) is 72.6 Å². The first kappa shape index (κ1) is 13.5. The Bertz CT molecular complexity index is 487. The number of cyclic esters (lactones) is 1. The molecule has 1 aliphatic rings. The number of Topliss-reactive ketones (excluding diaryl/α,β-unsaturated/α-hetero) is 1. The summed E-state index contributed by atoms with van der Waals surface area (Å²) in [4.78, 5) is 24.8. The Morgan fingerprint density at radius 1 is 1.53 bits per heavy atom. The molecule has 1 heterocycles. The van der Waals surface area contributed by atoms with Gasteiger partial charge >= 0.3 is 6.09 Å². The molecule has 5 heteroatoms. The molecular formula is C14H18N2O3. The molecule has 0 bridgehead atoms. The molecule has 19 heavy (non-hydrogen) atoms. The molecule has 102 valence electrons. The molecular weight excluding hydrogens is 244 g/mol. The van der Waals surface area contributed by atoms with Gasteiger partial charge in [0.05, 0.1) is 0 Å². The van der Waals surface area contributed by atoms with Crippen molar-refractivity contribution in [2.45, 2.75) is 25.9 Å². The van der Waals surface area contributed by atoms with Gasteiger partial charge in [0.15, 0.2) is 5.78 Å². The number of anilines is 1. The second-order valence-electron chi connectivity index (χ2n) is 4.63. The van der Waals surface area contributed by atoms with E-state index < -0.39 is 0 Å². The van der Waals surface area contributed by atoms with E-state index in [1.165, 1.54) is 6.92 Å². The van der Waals surface area contributed by atoms with Gasteiger partial charge in [-0.1, -0.05) is 12.1 Å². The van der Waals surface area contributed by atoms with Crippen molar-refractivity contribution in [2.24, 2.45) is 5.73 Å². The first-order valence-corrected chi connectivity index (χ1v) is 6.41. The summed E-state index contributed by atoms with van der Waals surface area (Å²) in [6.07, 6.45) is 0.982. The van der Waals surface area contributed by atoms with Crippen molar-refractivity contribution in [1.82, 2.24) is 0 Å². The normalized spacial score (nSPS) is 19.2. The number of hydrogen-bond acceptors (Lipinski definition) is 4. The number of amides is 1. The van der Waals surface area contributed by atoms with Crippen LogP contribution in [0.1, 0.15) is 30.1 Å². The fraction of sp³-hybridized carbons (Fsp3) is 0.429. The predicted octanol–water partition coefficient (Wildman–Crippen LogP) is 1.95. The van der Waals surface area contributed by atoms with Gasteiger partial charge in [-0.25, -0.2) is 4.79 Å². The number of ether oxygens (including phenoxy) is 1. The van der Waals surface area contributed by atoms with Crippen LogP contribution in [0.5, 0.6) is 0 Å². The third kappa shape index (κ3) is 3.12. The fourth-order valence-electron chi connectivity index (χ4n) is 2.15. The Hall–Kier alpha value is -1.88. The molecule has 2 N–H and O–H groups in total. The first-order valence-electron chi connectivity index (χ1n) is 6.41. The van der Waals surface area contributed by atoms with Gasteiger partial charge < -0.3 is 10.5 Å². The Balaban J connectivity index is 2.12. The van der Waals surface area contributed by atoms with Crippen molar-refractivity contribution in [3.63, 3.8) is 0 Å². The second kappa shape index (κ2) is 5.84. The highest BCUT2D eigenvalue weighted by Crippen LogP contribution is 2.23. The van der Waals surface area contributed by atoms with E-state index in [1.54, 1.807) is 29.2 Å². The highest BCUT2D eigenvalue weighted by molar-refractivity contribution is 5.96. The van der Waals surface area contributed by atoms with Gasteiger partial charge in [0.25, 0.3) is 0 Å². The third-order valence-electron chi connectivity index (χ3n) is 3.22. The van der Waals surface area contributed by atoms with Crippen molar-refractivity contribution in [2.75, 3.05) is 18.0 Å². The summed E-state index contributed by atoms with van der Waals surface area (Å²) in [5, 5.41) is 0. The number of hydrogen-bond donors (Lipinski definition) is 1. The first-order chi connectivity index (χ1) is 9.11. The number of carbonyl (C=O) groups excluding carboxylic acids is 2.